The van der Waals surface area contributed by atoms with Crippen molar-refractivity contribution in [1.29, 1.82) is 0 Å². The fourth-order valence-electron chi connectivity index (χ4n) is 3.28. The number of carbonyl (C=O) groups is 3. The minimum Gasteiger partial charge on any atom is -0.468 e. The zero-order valence-electron chi connectivity index (χ0n) is 11.7. The SMILES string of the molecule is COC(=O)[C@H]1C(=O)c2ccccc2CC[C@H]2COC(=O)[C@H]21. The largest absolute Gasteiger partial charge is 0.468 e. The van der Waals surface area contributed by atoms with E-state index in [4.69, 9.17) is 9.47 Å². The molecule has 1 saturated heterocycles. The highest BCUT2D eigenvalue weighted by Gasteiger charge is 2.50. The molecule has 2 aliphatic rings. The number of fused-ring (bicyclic) bond motifs is 2. The van der Waals surface area contributed by atoms with E-state index in [0.29, 0.717) is 18.4 Å². The highest BCUT2D eigenvalue weighted by Crippen LogP contribution is 2.37. The van der Waals surface area contributed by atoms with Gasteiger partial charge < -0.3 is 9.47 Å². The smallest absolute Gasteiger partial charge is 0.317 e. The summed E-state index contributed by atoms with van der Waals surface area (Å²) in [5, 5.41) is 0. The summed E-state index contributed by atoms with van der Waals surface area (Å²) in [7, 11) is 1.23. The molecule has 0 aromatic heterocycles. The van der Waals surface area contributed by atoms with Gasteiger partial charge in [-0.25, -0.2) is 0 Å². The Morgan fingerprint density at radius 1 is 1.29 bits per heavy atom. The maximum Gasteiger partial charge on any atom is 0.317 e. The molecule has 0 N–H and O–H groups in total. The van der Waals surface area contributed by atoms with Gasteiger partial charge in [-0.15, -0.1) is 0 Å². The molecule has 0 bridgehead atoms. The third-order valence-corrected chi connectivity index (χ3v) is 4.38. The molecular weight excluding hydrogens is 272 g/mol. The van der Waals surface area contributed by atoms with Crippen LogP contribution in [0.15, 0.2) is 24.3 Å². The Morgan fingerprint density at radius 3 is 2.81 bits per heavy atom. The summed E-state index contributed by atoms with van der Waals surface area (Å²) in [6, 6.07) is 7.22. The predicted molar refractivity (Wildman–Crippen MR) is 72.5 cm³/mol. The van der Waals surface area contributed by atoms with Crippen LogP contribution in [0.5, 0.6) is 0 Å². The molecule has 5 heteroatoms. The number of benzene rings is 1. The first-order chi connectivity index (χ1) is 10.1. The molecule has 21 heavy (non-hydrogen) atoms. The van der Waals surface area contributed by atoms with Crippen LogP contribution in [0.4, 0.5) is 0 Å². The zero-order valence-corrected chi connectivity index (χ0v) is 11.7. The van der Waals surface area contributed by atoms with Crippen molar-refractivity contribution in [3.8, 4) is 0 Å². The number of carbonyl (C=O) groups excluding carboxylic acids is 3. The Hall–Kier alpha value is -2.17. The highest BCUT2D eigenvalue weighted by atomic mass is 16.5. The lowest BCUT2D eigenvalue weighted by Gasteiger charge is -2.26. The summed E-state index contributed by atoms with van der Waals surface area (Å²) in [5.74, 6) is -3.41. The van der Waals surface area contributed by atoms with E-state index in [2.05, 4.69) is 0 Å². The molecule has 3 rings (SSSR count). The first kappa shape index (κ1) is 13.8. The maximum absolute atomic E-state index is 12.8. The number of hydrogen-bond acceptors (Lipinski definition) is 5. The van der Waals surface area contributed by atoms with Gasteiger partial charge in [-0.2, -0.15) is 0 Å². The predicted octanol–water partition coefficient (Wildman–Crippen LogP) is 1.39. The van der Waals surface area contributed by atoms with Gasteiger partial charge in [-0.05, 0) is 18.4 Å². The molecule has 0 amide bonds. The molecule has 1 aliphatic carbocycles. The van der Waals surface area contributed by atoms with Gasteiger partial charge in [0.2, 0.25) is 0 Å². The second kappa shape index (κ2) is 5.31. The maximum atomic E-state index is 12.8. The summed E-state index contributed by atoms with van der Waals surface area (Å²) in [4.78, 5) is 36.8. The molecule has 0 spiro atoms. The van der Waals surface area contributed by atoms with E-state index < -0.39 is 23.8 Å². The van der Waals surface area contributed by atoms with Crippen LogP contribution >= 0.6 is 0 Å². The highest BCUT2D eigenvalue weighted by molar-refractivity contribution is 6.11. The van der Waals surface area contributed by atoms with Crippen molar-refractivity contribution in [1.82, 2.24) is 0 Å². The van der Waals surface area contributed by atoms with E-state index in [1.54, 1.807) is 12.1 Å². The first-order valence-electron chi connectivity index (χ1n) is 7.00. The Kier molecular flexibility index (Phi) is 3.49. The molecule has 0 unspecified atom stereocenters. The van der Waals surface area contributed by atoms with Crippen molar-refractivity contribution in [2.45, 2.75) is 12.8 Å². The zero-order chi connectivity index (χ0) is 15.0. The Labute approximate surface area is 122 Å². The van der Waals surface area contributed by atoms with Gasteiger partial charge in [-0.1, -0.05) is 24.3 Å². The van der Waals surface area contributed by atoms with Crippen LogP contribution in [0, 0.1) is 17.8 Å². The number of esters is 2. The second-order valence-corrected chi connectivity index (χ2v) is 5.48. The van der Waals surface area contributed by atoms with Crippen molar-refractivity contribution in [2.24, 2.45) is 17.8 Å². The van der Waals surface area contributed by atoms with Crippen molar-refractivity contribution >= 4 is 17.7 Å². The number of hydrogen-bond donors (Lipinski definition) is 0. The minimum absolute atomic E-state index is 0.112. The lowest BCUT2D eigenvalue weighted by atomic mass is 9.74. The minimum atomic E-state index is -1.10. The van der Waals surface area contributed by atoms with E-state index in [1.165, 1.54) is 7.11 Å². The first-order valence-corrected chi connectivity index (χ1v) is 7.00. The van der Waals surface area contributed by atoms with Crippen LogP contribution in [0.25, 0.3) is 0 Å². The van der Waals surface area contributed by atoms with Crippen LogP contribution in [-0.2, 0) is 25.5 Å². The summed E-state index contributed by atoms with van der Waals surface area (Å²) in [6.07, 6.45) is 1.42. The normalized spacial score (nSPS) is 28.0. The average Bonchev–Trinajstić information content (AvgIpc) is 2.85. The number of methoxy groups -OCH3 is 1. The number of ether oxygens (including phenoxy) is 2. The van der Waals surface area contributed by atoms with Gasteiger partial charge in [0.1, 0.15) is 5.92 Å². The molecule has 3 atom stereocenters. The van der Waals surface area contributed by atoms with Crippen molar-refractivity contribution in [3.05, 3.63) is 35.4 Å². The monoisotopic (exact) mass is 288 g/mol. The summed E-state index contributed by atoms with van der Waals surface area (Å²) in [5.41, 5.74) is 1.42. The fourth-order valence-corrected chi connectivity index (χ4v) is 3.28. The van der Waals surface area contributed by atoms with Crippen molar-refractivity contribution in [3.63, 3.8) is 0 Å². The van der Waals surface area contributed by atoms with Crippen LogP contribution in [0.1, 0.15) is 22.3 Å². The summed E-state index contributed by atoms with van der Waals surface area (Å²) in [6.45, 7) is 0.270. The average molecular weight is 288 g/mol. The molecule has 5 nitrogen and oxygen atoms in total. The summed E-state index contributed by atoms with van der Waals surface area (Å²) < 4.78 is 9.84. The van der Waals surface area contributed by atoms with Gasteiger partial charge in [-0.3, -0.25) is 14.4 Å². The standard InChI is InChI=1S/C16H16O5/c1-20-15(18)13-12-10(8-21-16(12)19)7-6-9-4-2-3-5-11(9)14(13)17/h2-5,10,12-13H,6-8H2,1H3/t10-,12+,13+/m0/s1. The molecule has 0 saturated carbocycles. The molecule has 0 radical (unpaired) electrons. The van der Waals surface area contributed by atoms with Gasteiger partial charge in [0, 0.05) is 11.5 Å². The van der Waals surface area contributed by atoms with Crippen molar-refractivity contribution in [2.75, 3.05) is 13.7 Å². The van der Waals surface area contributed by atoms with E-state index in [1.807, 2.05) is 12.1 Å². The number of rotatable bonds is 1. The van der Waals surface area contributed by atoms with E-state index >= 15 is 0 Å². The molecule has 110 valence electrons. The molecule has 1 aromatic rings. The van der Waals surface area contributed by atoms with Crippen LogP contribution in [0.3, 0.4) is 0 Å². The molecule has 1 aromatic carbocycles. The van der Waals surface area contributed by atoms with Gasteiger partial charge in [0.25, 0.3) is 0 Å². The fraction of sp³-hybridized carbons (Fsp3) is 0.438. The van der Waals surface area contributed by atoms with Crippen LogP contribution < -0.4 is 0 Å². The Bertz CT molecular complexity index is 606. The molecular formula is C16H16O5. The number of aryl methyl sites for hydroxylation is 1. The van der Waals surface area contributed by atoms with Gasteiger partial charge >= 0.3 is 11.9 Å². The van der Waals surface area contributed by atoms with E-state index in [0.717, 1.165) is 5.56 Å². The van der Waals surface area contributed by atoms with Gasteiger partial charge in [0.05, 0.1) is 19.6 Å². The number of cyclic esters (lactones) is 1. The number of Topliss-reactive ketones (excluding diaryl/α,β-unsaturated/α-hetero) is 1. The third kappa shape index (κ3) is 2.22. The van der Waals surface area contributed by atoms with Crippen LogP contribution in [0.2, 0.25) is 0 Å². The molecule has 1 heterocycles. The van der Waals surface area contributed by atoms with Gasteiger partial charge in [0.15, 0.2) is 5.78 Å². The quantitative estimate of drug-likeness (QED) is 0.577. The van der Waals surface area contributed by atoms with Crippen molar-refractivity contribution < 1.29 is 23.9 Å². The lowest BCUT2D eigenvalue weighted by Crippen LogP contribution is -2.39. The van der Waals surface area contributed by atoms with E-state index in [9.17, 15) is 14.4 Å². The molecule has 1 fully saturated rings. The van der Waals surface area contributed by atoms with E-state index in [-0.39, 0.29) is 18.3 Å². The third-order valence-electron chi connectivity index (χ3n) is 4.38. The molecule has 1 aliphatic heterocycles. The Balaban J connectivity index is 2.10. The Morgan fingerprint density at radius 2 is 2.05 bits per heavy atom. The second-order valence-electron chi connectivity index (χ2n) is 5.48. The number of ketones is 1. The lowest BCUT2D eigenvalue weighted by molar-refractivity contribution is -0.152. The summed E-state index contributed by atoms with van der Waals surface area (Å²) >= 11 is 0. The van der Waals surface area contributed by atoms with Crippen LogP contribution in [-0.4, -0.2) is 31.4 Å². The topological polar surface area (TPSA) is 69.7 Å².